The van der Waals surface area contributed by atoms with Gasteiger partial charge in [-0.05, 0) is 62.7 Å². The highest BCUT2D eigenvalue weighted by molar-refractivity contribution is 6.43. The third kappa shape index (κ3) is 3.94. The Morgan fingerprint density at radius 3 is 2.26 bits per heavy atom. The fraction of sp³-hybridized carbons (Fsp3) is 0.154. The smallest absolute Gasteiger partial charge is 0.340 e. The molecule has 1 aliphatic heterocycles. The summed E-state index contributed by atoms with van der Waals surface area (Å²) in [6, 6.07) is 14.3. The SMILES string of the molecule is COC(=O)C1=C(C)N(c2ccccc2Cl)C(=O)/C1=C\c1cc(C)n(-c2cccc(Cl)c2Cl)c1C. The number of esters is 1. The Bertz CT molecular complexity index is 1400. The number of hydrogen-bond donors (Lipinski definition) is 0. The van der Waals surface area contributed by atoms with Crippen molar-refractivity contribution in [1.82, 2.24) is 4.57 Å². The van der Waals surface area contributed by atoms with Gasteiger partial charge in [-0.1, -0.05) is 53.0 Å². The lowest BCUT2D eigenvalue weighted by Gasteiger charge is -2.19. The van der Waals surface area contributed by atoms with E-state index >= 15 is 0 Å². The Hall–Kier alpha value is -2.99. The van der Waals surface area contributed by atoms with E-state index in [4.69, 9.17) is 39.5 Å². The lowest BCUT2D eigenvalue weighted by molar-refractivity contribution is -0.136. The zero-order valence-electron chi connectivity index (χ0n) is 18.9. The summed E-state index contributed by atoms with van der Waals surface area (Å²) in [5.41, 5.74) is 4.56. The van der Waals surface area contributed by atoms with Gasteiger partial charge < -0.3 is 9.30 Å². The molecule has 2 heterocycles. The third-order valence-electron chi connectivity index (χ3n) is 5.83. The van der Waals surface area contributed by atoms with E-state index in [-0.39, 0.29) is 17.1 Å². The molecule has 0 aliphatic carbocycles. The number of methoxy groups -OCH3 is 1. The van der Waals surface area contributed by atoms with E-state index in [0.29, 0.717) is 26.5 Å². The molecule has 0 radical (unpaired) electrons. The number of aryl methyl sites for hydroxylation is 1. The molecule has 174 valence electrons. The van der Waals surface area contributed by atoms with Crippen LogP contribution in [0, 0.1) is 13.8 Å². The first-order valence-corrected chi connectivity index (χ1v) is 11.5. The summed E-state index contributed by atoms with van der Waals surface area (Å²) < 4.78 is 6.96. The molecule has 34 heavy (non-hydrogen) atoms. The van der Waals surface area contributed by atoms with Gasteiger partial charge in [0.15, 0.2) is 0 Å². The molecule has 0 spiro atoms. The first-order valence-electron chi connectivity index (χ1n) is 10.4. The van der Waals surface area contributed by atoms with E-state index in [9.17, 15) is 9.59 Å². The largest absolute Gasteiger partial charge is 0.465 e. The van der Waals surface area contributed by atoms with E-state index in [0.717, 1.165) is 22.6 Å². The van der Waals surface area contributed by atoms with Crippen molar-refractivity contribution in [2.75, 3.05) is 12.0 Å². The second kappa shape index (κ2) is 9.34. The molecule has 0 bridgehead atoms. The highest BCUT2D eigenvalue weighted by Gasteiger charge is 2.38. The van der Waals surface area contributed by atoms with Crippen molar-refractivity contribution in [3.8, 4) is 5.69 Å². The number of allylic oxidation sites excluding steroid dienone is 1. The lowest BCUT2D eigenvalue weighted by Crippen LogP contribution is -2.24. The minimum Gasteiger partial charge on any atom is -0.465 e. The van der Waals surface area contributed by atoms with Crippen LogP contribution in [0.4, 0.5) is 5.69 Å². The quantitative estimate of drug-likeness (QED) is 0.280. The van der Waals surface area contributed by atoms with Crippen LogP contribution in [0.15, 0.2) is 65.4 Å². The molecule has 1 aliphatic rings. The van der Waals surface area contributed by atoms with Crippen molar-refractivity contribution in [1.29, 1.82) is 0 Å². The van der Waals surface area contributed by atoms with Crippen molar-refractivity contribution in [2.24, 2.45) is 0 Å². The van der Waals surface area contributed by atoms with E-state index in [1.165, 1.54) is 12.0 Å². The Morgan fingerprint density at radius 2 is 1.59 bits per heavy atom. The number of ether oxygens (including phenoxy) is 1. The topological polar surface area (TPSA) is 51.5 Å². The maximum absolute atomic E-state index is 13.6. The summed E-state index contributed by atoms with van der Waals surface area (Å²) in [5, 5.41) is 1.27. The molecule has 0 saturated heterocycles. The minimum absolute atomic E-state index is 0.193. The van der Waals surface area contributed by atoms with E-state index < -0.39 is 5.97 Å². The molecule has 0 N–H and O–H groups in total. The fourth-order valence-corrected chi connectivity index (χ4v) is 4.83. The molecule has 1 amide bonds. The number of aromatic nitrogens is 1. The molecule has 0 fully saturated rings. The number of carbonyl (C=O) groups is 2. The Morgan fingerprint density at radius 1 is 0.941 bits per heavy atom. The van der Waals surface area contributed by atoms with Crippen molar-refractivity contribution >= 4 is 58.4 Å². The molecule has 5 nitrogen and oxygen atoms in total. The first-order chi connectivity index (χ1) is 16.2. The zero-order chi connectivity index (χ0) is 24.7. The number of amides is 1. The first kappa shape index (κ1) is 24.1. The van der Waals surface area contributed by atoms with Crippen molar-refractivity contribution in [3.63, 3.8) is 0 Å². The number of para-hydroxylation sites is 1. The number of anilines is 1. The molecule has 1 aromatic heterocycles. The van der Waals surface area contributed by atoms with Gasteiger partial charge in [-0.3, -0.25) is 9.69 Å². The van der Waals surface area contributed by atoms with Crippen molar-refractivity contribution < 1.29 is 14.3 Å². The highest BCUT2D eigenvalue weighted by Crippen LogP contribution is 2.39. The molecule has 0 atom stereocenters. The average Bonchev–Trinajstić information content (AvgIpc) is 3.22. The highest BCUT2D eigenvalue weighted by atomic mass is 35.5. The Balaban J connectivity index is 1.89. The standard InChI is InChI=1S/C26H21Cl3N2O3/c1-14-12-17(15(2)30(14)22-11-7-9-20(28)24(22)29)13-18-23(26(33)34-4)16(3)31(25(18)32)21-10-6-5-8-19(21)27/h5-13H,1-4H3/b18-13-. The van der Waals surface area contributed by atoms with Gasteiger partial charge in [0.1, 0.15) is 0 Å². The summed E-state index contributed by atoms with van der Waals surface area (Å²) in [7, 11) is 1.29. The molecule has 3 aromatic rings. The van der Waals surface area contributed by atoms with Gasteiger partial charge in [-0.25, -0.2) is 4.79 Å². The number of hydrogen-bond acceptors (Lipinski definition) is 3. The predicted octanol–water partition coefficient (Wildman–Crippen LogP) is 6.93. The summed E-state index contributed by atoms with van der Waals surface area (Å²) >= 11 is 19.1. The molecule has 0 saturated carbocycles. The van der Waals surface area contributed by atoms with Crippen LogP contribution in [-0.4, -0.2) is 23.6 Å². The molecular weight excluding hydrogens is 495 g/mol. The lowest BCUT2D eigenvalue weighted by atomic mass is 10.0. The fourth-order valence-electron chi connectivity index (χ4n) is 4.23. The number of halogens is 3. The van der Waals surface area contributed by atoms with Gasteiger partial charge in [0, 0.05) is 17.1 Å². The van der Waals surface area contributed by atoms with Crippen LogP contribution in [0.5, 0.6) is 0 Å². The van der Waals surface area contributed by atoms with Gasteiger partial charge in [0.25, 0.3) is 5.91 Å². The zero-order valence-corrected chi connectivity index (χ0v) is 21.2. The normalized spacial score (nSPS) is 15.0. The molecule has 2 aromatic carbocycles. The molecule has 4 rings (SSSR count). The molecular formula is C26H21Cl3N2O3. The van der Waals surface area contributed by atoms with Crippen LogP contribution >= 0.6 is 34.8 Å². The van der Waals surface area contributed by atoms with Crippen LogP contribution in [0.25, 0.3) is 11.8 Å². The molecule has 0 unspecified atom stereocenters. The van der Waals surface area contributed by atoms with Gasteiger partial charge in [-0.15, -0.1) is 0 Å². The second-order valence-corrected chi connectivity index (χ2v) is 9.03. The number of carbonyl (C=O) groups excluding carboxylic acids is 2. The van der Waals surface area contributed by atoms with Crippen LogP contribution in [0.1, 0.15) is 23.9 Å². The average molecular weight is 516 g/mol. The molecule has 8 heteroatoms. The maximum atomic E-state index is 13.6. The van der Waals surface area contributed by atoms with E-state index in [1.54, 1.807) is 43.3 Å². The maximum Gasteiger partial charge on any atom is 0.340 e. The summed E-state index contributed by atoms with van der Waals surface area (Å²) in [6.45, 7) is 5.54. The van der Waals surface area contributed by atoms with Crippen LogP contribution < -0.4 is 4.90 Å². The number of benzene rings is 2. The van der Waals surface area contributed by atoms with Gasteiger partial charge in [-0.2, -0.15) is 0 Å². The number of rotatable bonds is 4. The predicted molar refractivity (Wildman–Crippen MR) is 137 cm³/mol. The van der Waals surface area contributed by atoms with Gasteiger partial charge >= 0.3 is 5.97 Å². The van der Waals surface area contributed by atoms with Gasteiger partial charge in [0.05, 0.1) is 44.7 Å². The number of nitrogens with zero attached hydrogens (tertiary/aromatic N) is 2. The summed E-state index contributed by atoms with van der Waals surface area (Å²) in [6.07, 6.45) is 1.70. The Labute approximate surface area is 212 Å². The van der Waals surface area contributed by atoms with Crippen molar-refractivity contribution in [2.45, 2.75) is 20.8 Å². The van der Waals surface area contributed by atoms with Crippen LogP contribution in [-0.2, 0) is 14.3 Å². The summed E-state index contributed by atoms with van der Waals surface area (Å²) in [4.78, 5) is 27.7. The van der Waals surface area contributed by atoms with Crippen LogP contribution in [0.3, 0.4) is 0 Å². The summed E-state index contributed by atoms with van der Waals surface area (Å²) in [5.74, 6) is -0.963. The van der Waals surface area contributed by atoms with Crippen LogP contribution in [0.2, 0.25) is 15.1 Å². The minimum atomic E-state index is -0.599. The second-order valence-electron chi connectivity index (χ2n) is 7.84. The van der Waals surface area contributed by atoms with Gasteiger partial charge in [0.2, 0.25) is 0 Å². The van der Waals surface area contributed by atoms with Crippen molar-refractivity contribution in [3.05, 3.63) is 97.4 Å². The Kier molecular flexibility index (Phi) is 6.63. The van der Waals surface area contributed by atoms with E-state index in [1.807, 2.05) is 36.6 Å². The monoisotopic (exact) mass is 514 g/mol. The van der Waals surface area contributed by atoms with E-state index in [2.05, 4.69) is 0 Å². The third-order valence-corrected chi connectivity index (χ3v) is 6.95.